The van der Waals surface area contributed by atoms with Crippen LogP contribution < -0.4 is 4.74 Å². The number of ether oxygens (including phenoxy) is 5. The van der Waals surface area contributed by atoms with Crippen LogP contribution in [0.25, 0.3) is 0 Å². The second kappa shape index (κ2) is 29.3. The Hall–Kier alpha value is -3.10. The molecule has 9 rings (SSSR count). The zero-order valence-electron chi connectivity index (χ0n) is 56.2. The van der Waals surface area contributed by atoms with Gasteiger partial charge in [0.25, 0.3) is 0 Å². The molecular formula is C72H124O9. The number of carbonyl (C=O) groups excluding carboxylic acids is 4. The number of hydrogen-bond donors (Lipinski definition) is 0. The lowest BCUT2D eigenvalue weighted by Gasteiger charge is -2.54. The fourth-order valence-electron chi connectivity index (χ4n) is 13.6. The molecule has 4 bridgehead atoms. The minimum atomic E-state index is -0.343. The van der Waals surface area contributed by atoms with Gasteiger partial charge in [0.2, 0.25) is 0 Å². The average Bonchev–Trinajstić information content (AvgIpc) is 4.02. The van der Waals surface area contributed by atoms with Crippen LogP contribution in [0.5, 0.6) is 5.75 Å². The molecule has 8 aliphatic rings. The first kappa shape index (κ1) is 70.4. The molecule has 0 radical (unpaired) electrons. The Labute approximate surface area is 497 Å². The molecule has 1 aromatic carbocycles. The average molecular weight is 1130 g/mol. The maximum atomic E-state index is 12.5. The van der Waals surface area contributed by atoms with Crippen LogP contribution in [0.1, 0.15) is 311 Å². The molecule has 0 spiro atoms. The summed E-state index contributed by atoms with van der Waals surface area (Å²) in [5, 5.41) is 0. The molecule has 8 atom stereocenters. The van der Waals surface area contributed by atoms with E-state index in [1.807, 2.05) is 76.2 Å². The van der Waals surface area contributed by atoms with Crippen molar-refractivity contribution in [1.82, 2.24) is 0 Å². The van der Waals surface area contributed by atoms with Crippen molar-refractivity contribution >= 4 is 23.9 Å². The highest BCUT2D eigenvalue weighted by Gasteiger charge is 2.60. The highest BCUT2D eigenvalue weighted by molar-refractivity contribution is 5.77. The van der Waals surface area contributed by atoms with Crippen molar-refractivity contribution in [3.8, 4) is 5.75 Å². The van der Waals surface area contributed by atoms with Crippen LogP contribution >= 0.6 is 0 Å². The summed E-state index contributed by atoms with van der Waals surface area (Å²) >= 11 is 0. The van der Waals surface area contributed by atoms with Gasteiger partial charge in [0.15, 0.2) is 0 Å². The normalized spacial score (nSPS) is 26.3. The highest BCUT2D eigenvalue weighted by Crippen LogP contribution is 2.65. The van der Waals surface area contributed by atoms with E-state index in [4.69, 9.17) is 23.7 Å². The monoisotopic (exact) mass is 1130 g/mol. The number of rotatable bonds is 16. The van der Waals surface area contributed by atoms with Crippen LogP contribution in [0.2, 0.25) is 0 Å². The number of carbonyl (C=O) groups is 4. The lowest BCUT2D eigenvalue weighted by atomic mass is 9.53. The van der Waals surface area contributed by atoms with Gasteiger partial charge < -0.3 is 23.7 Å². The van der Waals surface area contributed by atoms with Crippen LogP contribution in [-0.4, -0.2) is 52.4 Å². The Morgan fingerprint density at radius 1 is 0.494 bits per heavy atom. The van der Waals surface area contributed by atoms with Crippen LogP contribution in [0.4, 0.5) is 0 Å². The molecule has 0 aromatic heterocycles. The molecule has 0 saturated heterocycles. The topological polar surface area (TPSA) is 114 Å². The molecule has 8 fully saturated rings. The summed E-state index contributed by atoms with van der Waals surface area (Å²) in [6.45, 7) is 43.1. The Kier molecular flexibility index (Phi) is 25.5. The predicted molar refractivity (Wildman–Crippen MR) is 333 cm³/mol. The molecule has 8 saturated carbocycles. The van der Waals surface area contributed by atoms with E-state index >= 15 is 0 Å². The van der Waals surface area contributed by atoms with Gasteiger partial charge in [-0.05, 0) is 303 Å². The molecule has 0 heterocycles. The van der Waals surface area contributed by atoms with E-state index in [9.17, 15) is 19.2 Å². The lowest BCUT2D eigenvalue weighted by molar-refractivity contribution is -0.178. The van der Waals surface area contributed by atoms with Crippen LogP contribution in [0, 0.1) is 63.1 Å². The molecular weight excluding hydrogens is 1010 g/mol. The van der Waals surface area contributed by atoms with E-state index < -0.39 is 0 Å². The third kappa shape index (κ3) is 19.5. The van der Waals surface area contributed by atoms with Gasteiger partial charge in [0.1, 0.15) is 34.3 Å². The van der Waals surface area contributed by atoms with E-state index in [1.54, 1.807) is 0 Å². The lowest BCUT2D eigenvalue weighted by Crippen LogP contribution is -2.52. The summed E-state index contributed by atoms with van der Waals surface area (Å²) in [5.41, 5.74) is -0.590. The van der Waals surface area contributed by atoms with E-state index in [1.165, 1.54) is 95.5 Å². The van der Waals surface area contributed by atoms with Crippen molar-refractivity contribution in [3.63, 3.8) is 0 Å². The van der Waals surface area contributed by atoms with Gasteiger partial charge in [-0.15, -0.1) is 0 Å². The maximum absolute atomic E-state index is 12.5. The first-order chi connectivity index (χ1) is 37.6. The number of fused-ring (bicyclic) bond motifs is 4. The molecule has 0 aliphatic heterocycles. The van der Waals surface area contributed by atoms with Crippen molar-refractivity contribution in [2.24, 2.45) is 63.1 Å². The molecule has 81 heavy (non-hydrogen) atoms. The molecule has 9 nitrogen and oxygen atoms in total. The number of hydrogen-bond acceptors (Lipinski definition) is 9. The third-order valence-corrected chi connectivity index (χ3v) is 21.5. The molecule has 1 aromatic rings. The largest absolute Gasteiger partial charge is 0.488 e. The second-order valence-corrected chi connectivity index (χ2v) is 31.0. The molecule has 0 amide bonds. The summed E-state index contributed by atoms with van der Waals surface area (Å²) in [5.74, 6) is 7.40. The van der Waals surface area contributed by atoms with Crippen molar-refractivity contribution in [3.05, 3.63) is 29.8 Å². The van der Waals surface area contributed by atoms with Gasteiger partial charge in [0, 0.05) is 0 Å². The van der Waals surface area contributed by atoms with Crippen molar-refractivity contribution in [2.45, 2.75) is 334 Å². The van der Waals surface area contributed by atoms with E-state index in [0.717, 1.165) is 99.5 Å². The zero-order valence-corrected chi connectivity index (χ0v) is 56.2. The molecule has 9 heteroatoms. The van der Waals surface area contributed by atoms with E-state index in [0.29, 0.717) is 17.8 Å². The Morgan fingerprint density at radius 3 is 1.30 bits per heavy atom. The number of benzene rings is 1. The summed E-state index contributed by atoms with van der Waals surface area (Å²) in [6.07, 6.45) is 27.7. The van der Waals surface area contributed by atoms with Crippen molar-refractivity contribution in [2.75, 3.05) is 0 Å². The van der Waals surface area contributed by atoms with E-state index in [-0.39, 0.29) is 74.0 Å². The SMILES string of the molecule is CCC(C)(C)C(=O)OC1(C(C)C)CCCC1.CCC(C)(C)C(=O)OC1(C)CCCC1.CCC(C)(C)C(=O)OC1(C)CCCCC1.CCC(C)(C)C(=O)OC1CC2CCC1C1C3CCC(C3)C21.CCC(C)c1ccc(OC(C)(C)C)cc1. The van der Waals surface area contributed by atoms with Crippen LogP contribution in [-0.2, 0) is 38.1 Å². The van der Waals surface area contributed by atoms with Gasteiger partial charge in [-0.25, -0.2) is 0 Å². The van der Waals surface area contributed by atoms with Gasteiger partial charge in [-0.2, -0.15) is 0 Å². The molecule has 0 N–H and O–H groups in total. The maximum Gasteiger partial charge on any atom is 0.312 e. The summed E-state index contributed by atoms with van der Waals surface area (Å²) < 4.78 is 29.0. The van der Waals surface area contributed by atoms with Gasteiger partial charge >= 0.3 is 23.9 Å². The Balaban J connectivity index is 0.000000220. The summed E-state index contributed by atoms with van der Waals surface area (Å²) in [7, 11) is 0. The van der Waals surface area contributed by atoms with Crippen molar-refractivity contribution in [1.29, 1.82) is 0 Å². The van der Waals surface area contributed by atoms with Gasteiger partial charge in [-0.3, -0.25) is 19.2 Å². The fraction of sp³-hybridized carbons (Fsp3) is 0.861. The van der Waals surface area contributed by atoms with Crippen LogP contribution in [0.15, 0.2) is 24.3 Å². The quantitative estimate of drug-likeness (QED) is 0.118. The minimum absolute atomic E-state index is 0.0226. The molecule has 8 aliphatic carbocycles. The van der Waals surface area contributed by atoms with E-state index in [2.05, 4.69) is 93.5 Å². The second-order valence-electron chi connectivity index (χ2n) is 31.0. The first-order valence-corrected chi connectivity index (χ1v) is 33.3. The number of esters is 4. The molecule has 8 unspecified atom stereocenters. The van der Waals surface area contributed by atoms with Crippen LogP contribution in [0.3, 0.4) is 0 Å². The standard InChI is InChI=1S/C19H30O2.C14H26O2.C14H22O.C13H24O2.C12H22O2/c1-4-19(2,3)18(20)21-15-10-13-7-8-14(15)17-12-6-5-11(9-12)16(13)17;1-6-13(4,5)12(15)16-14(11(2)3)9-7-8-10-14;1-6-11(2)12-7-9-13(10-8-12)15-14(3,4)5;1-5-12(2,3)11(14)15-13(4)9-7-6-8-10-13;1-5-11(2,3)10(13)14-12(4)8-6-7-9-12/h11-17H,4-10H2,1-3H3;11H,6-10H2,1-5H3;7-11H,6H2,1-5H3;5-10H2,1-4H3;5-9H2,1-4H3. The third-order valence-electron chi connectivity index (χ3n) is 21.5. The van der Waals surface area contributed by atoms with Gasteiger partial charge in [0.05, 0.1) is 21.7 Å². The highest BCUT2D eigenvalue weighted by atomic mass is 16.6. The predicted octanol–water partition coefficient (Wildman–Crippen LogP) is 19.7. The van der Waals surface area contributed by atoms with Crippen molar-refractivity contribution < 1.29 is 42.9 Å². The smallest absolute Gasteiger partial charge is 0.312 e. The fourth-order valence-corrected chi connectivity index (χ4v) is 13.6. The minimum Gasteiger partial charge on any atom is -0.488 e. The first-order valence-electron chi connectivity index (χ1n) is 33.3. The summed E-state index contributed by atoms with van der Waals surface area (Å²) in [4.78, 5) is 48.4. The Morgan fingerprint density at radius 2 is 0.877 bits per heavy atom. The van der Waals surface area contributed by atoms with Gasteiger partial charge in [-0.1, -0.05) is 73.9 Å². The molecule has 466 valence electrons. The Bertz CT molecular complexity index is 2100. The zero-order chi connectivity index (χ0) is 61.0. The summed E-state index contributed by atoms with van der Waals surface area (Å²) in [6, 6.07) is 8.45.